The van der Waals surface area contributed by atoms with Gasteiger partial charge in [0.15, 0.2) is 11.4 Å². The molecule has 1 aromatic heterocycles. The number of methoxy groups -OCH3 is 1. The van der Waals surface area contributed by atoms with Gasteiger partial charge in [-0.25, -0.2) is 33.3 Å². The maximum absolute atomic E-state index is 13.2. The van der Waals surface area contributed by atoms with Crippen LogP contribution in [0.2, 0.25) is 10.0 Å². The number of hydrogen-bond acceptors (Lipinski definition) is 7. The molecule has 0 saturated heterocycles. The van der Waals surface area contributed by atoms with E-state index in [1.165, 1.54) is 25.3 Å². The summed E-state index contributed by atoms with van der Waals surface area (Å²) < 4.78 is 66.8. The minimum absolute atomic E-state index is 0.0160. The standard InChI is InChI=1S/C23H17Cl2F2N5O6S/c1-28-22-8-23(9-22,10-22)31-39(35,36)16-7-12(3-4-15(16)37-2)38-18-13(24)5-11(6-14(18)25)32-21(34)29-20(33)17(30-32)19(26)27/h3-7,19,31H,8-10H2,2H3,(H,29,33,34). The van der Waals surface area contributed by atoms with Gasteiger partial charge < -0.3 is 14.3 Å². The summed E-state index contributed by atoms with van der Waals surface area (Å²) in [7, 11) is -2.77. The van der Waals surface area contributed by atoms with Crippen molar-refractivity contribution in [2.45, 2.75) is 41.7 Å². The molecule has 3 aliphatic carbocycles. The molecule has 1 heterocycles. The van der Waals surface area contributed by atoms with Crippen molar-refractivity contribution in [2.75, 3.05) is 7.11 Å². The Morgan fingerprint density at radius 1 is 1.18 bits per heavy atom. The van der Waals surface area contributed by atoms with E-state index in [0.717, 1.165) is 12.1 Å². The van der Waals surface area contributed by atoms with Crippen molar-refractivity contribution < 1.29 is 26.7 Å². The average Bonchev–Trinajstić information content (AvgIpc) is 2.82. The molecule has 0 spiro atoms. The van der Waals surface area contributed by atoms with Gasteiger partial charge in [-0.3, -0.25) is 9.78 Å². The molecule has 0 unspecified atom stereocenters. The molecule has 0 radical (unpaired) electrons. The molecule has 3 aliphatic rings. The Morgan fingerprint density at radius 3 is 2.38 bits per heavy atom. The third-order valence-electron chi connectivity index (χ3n) is 6.52. The summed E-state index contributed by atoms with van der Waals surface area (Å²) in [6.45, 7) is 7.24. The number of alkyl halides is 2. The molecule has 0 aliphatic heterocycles. The van der Waals surface area contributed by atoms with Crippen molar-refractivity contribution >= 4 is 33.2 Å². The SMILES string of the molecule is [C-]#[N+]C12CC(NS(=O)(=O)c3cc(Oc4c(Cl)cc(-n5nc(C(F)F)c(=O)[nH]c5=O)cc4Cl)ccc3OC)(C1)C2. The predicted molar refractivity (Wildman–Crippen MR) is 135 cm³/mol. The van der Waals surface area contributed by atoms with E-state index >= 15 is 0 Å². The quantitative estimate of drug-likeness (QED) is 0.375. The minimum Gasteiger partial charge on any atom is -0.495 e. The molecule has 204 valence electrons. The van der Waals surface area contributed by atoms with E-state index in [2.05, 4.69) is 14.7 Å². The molecule has 2 aromatic carbocycles. The van der Waals surface area contributed by atoms with Crippen LogP contribution in [0, 0.1) is 6.57 Å². The maximum Gasteiger partial charge on any atom is 0.349 e. The topological polar surface area (TPSA) is 137 Å². The van der Waals surface area contributed by atoms with Crippen LogP contribution in [0.4, 0.5) is 8.78 Å². The van der Waals surface area contributed by atoms with Crippen molar-refractivity contribution in [2.24, 2.45) is 0 Å². The lowest BCUT2D eigenvalue weighted by Gasteiger charge is -2.61. The average molecular weight is 600 g/mol. The fourth-order valence-corrected chi connectivity index (χ4v) is 6.98. The van der Waals surface area contributed by atoms with E-state index in [9.17, 15) is 26.8 Å². The van der Waals surface area contributed by atoms with E-state index in [-0.39, 0.29) is 37.9 Å². The number of nitrogens with one attached hydrogen (secondary N) is 2. The lowest BCUT2D eigenvalue weighted by Crippen LogP contribution is -2.77. The van der Waals surface area contributed by atoms with E-state index in [4.69, 9.17) is 39.2 Å². The van der Waals surface area contributed by atoms with Gasteiger partial charge in [-0.1, -0.05) is 23.2 Å². The Morgan fingerprint density at radius 2 is 1.82 bits per heavy atom. The van der Waals surface area contributed by atoms with Crippen LogP contribution in [-0.2, 0) is 10.0 Å². The molecule has 11 nitrogen and oxygen atoms in total. The summed E-state index contributed by atoms with van der Waals surface area (Å²) in [6.07, 6.45) is -1.94. The summed E-state index contributed by atoms with van der Waals surface area (Å²) >= 11 is 12.6. The fourth-order valence-electron chi connectivity index (χ4n) is 4.85. The van der Waals surface area contributed by atoms with Gasteiger partial charge in [0.25, 0.3) is 12.0 Å². The van der Waals surface area contributed by atoms with Gasteiger partial charge in [-0.15, -0.1) is 0 Å². The molecule has 16 heteroatoms. The molecule has 2 N–H and O–H groups in total. The van der Waals surface area contributed by atoms with Crippen LogP contribution in [0.25, 0.3) is 10.5 Å². The van der Waals surface area contributed by atoms with Crippen molar-refractivity contribution in [1.29, 1.82) is 0 Å². The summed E-state index contributed by atoms with van der Waals surface area (Å²) in [4.78, 5) is 28.8. The van der Waals surface area contributed by atoms with Gasteiger partial charge in [-0.05, 0) is 24.3 Å². The Labute approximate surface area is 229 Å². The molecular weight excluding hydrogens is 583 g/mol. The number of rotatable bonds is 8. The molecule has 3 aromatic rings. The van der Waals surface area contributed by atoms with Crippen molar-refractivity contribution in [3.8, 4) is 22.9 Å². The summed E-state index contributed by atoms with van der Waals surface area (Å²) in [5.41, 5.74) is -4.89. The molecule has 39 heavy (non-hydrogen) atoms. The zero-order valence-electron chi connectivity index (χ0n) is 19.8. The van der Waals surface area contributed by atoms with Gasteiger partial charge in [0.05, 0.1) is 28.4 Å². The summed E-state index contributed by atoms with van der Waals surface area (Å²) in [5.74, 6) is -0.0666. The van der Waals surface area contributed by atoms with Crippen molar-refractivity contribution in [3.05, 3.63) is 78.3 Å². The maximum atomic E-state index is 13.2. The van der Waals surface area contributed by atoms with Crippen LogP contribution in [0.3, 0.4) is 0 Å². The Bertz CT molecular complexity index is 1740. The smallest absolute Gasteiger partial charge is 0.349 e. The number of aromatic nitrogens is 3. The largest absolute Gasteiger partial charge is 0.495 e. The second-order valence-electron chi connectivity index (χ2n) is 9.26. The van der Waals surface area contributed by atoms with Gasteiger partial charge in [0, 0.05) is 25.3 Å². The molecule has 2 bridgehead atoms. The molecule has 0 amide bonds. The number of aromatic amines is 1. The van der Waals surface area contributed by atoms with Gasteiger partial charge >= 0.3 is 5.69 Å². The van der Waals surface area contributed by atoms with Crippen LogP contribution in [0.15, 0.2) is 44.8 Å². The second-order valence-corrected chi connectivity index (χ2v) is 11.7. The minimum atomic E-state index is -4.08. The zero-order valence-corrected chi connectivity index (χ0v) is 22.1. The molecule has 0 atom stereocenters. The molecule has 3 fully saturated rings. The van der Waals surface area contributed by atoms with Gasteiger partial charge in [-0.2, -0.15) is 9.78 Å². The Balaban J connectivity index is 1.45. The summed E-state index contributed by atoms with van der Waals surface area (Å²) in [5, 5.41) is 3.05. The van der Waals surface area contributed by atoms with E-state index in [1.54, 1.807) is 4.98 Å². The highest BCUT2D eigenvalue weighted by Crippen LogP contribution is 2.63. The summed E-state index contributed by atoms with van der Waals surface area (Å²) in [6, 6.07) is 6.28. The number of ether oxygens (including phenoxy) is 2. The van der Waals surface area contributed by atoms with Crippen LogP contribution in [-0.4, -0.2) is 41.4 Å². The first-order valence-corrected chi connectivity index (χ1v) is 13.3. The highest BCUT2D eigenvalue weighted by molar-refractivity contribution is 7.89. The molecule has 3 saturated carbocycles. The predicted octanol–water partition coefficient (Wildman–Crippen LogP) is 3.84. The van der Waals surface area contributed by atoms with E-state index < -0.39 is 44.5 Å². The Kier molecular flexibility index (Phi) is 6.46. The third kappa shape index (κ3) is 4.65. The second kappa shape index (κ2) is 9.30. The van der Waals surface area contributed by atoms with Gasteiger partial charge in [0.1, 0.15) is 16.4 Å². The lowest BCUT2D eigenvalue weighted by molar-refractivity contribution is -0.0328. The zero-order chi connectivity index (χ0) is 28.3. The first kappa shape index (κ1) is 27.1. The third-order valence-corrected chi connectivity index (χ3v) is 8.68. The van der Waals surface area contributed by atoms with Crippen LogP contribution in [0.5, 0.6) is 17.2 Å². The molecule has 6 rings (SSSR count). The highest BCUT2D eigenvalue weighted by Gasteiger charge is 2.75. The first-order valence-electron chi connectivity index (χ1n) is 11.1. The number of halogens is 4. The number of benzene rings is 2. The number of nitrogens with zero attached hydrogens (tertiary/aromatic N) is 3. The highest BCUT2D eigenvalue weighted by atomic mass is 35.5. The normalized spacial score (nSPS) is 21.6. The van der Waals surface area contributed by atoms with Gasteiger partial charge in [0.2, 0.25) is 15.6 Å². The lowest BCUT2D eigenvalue weighted by atomic mass is 9.45. The van der Waals surface area contributed by atoms with Crippen molar-refractivity contribution in [1.82, 2.24) is 19.5 Å². The van der Waals surface area contributed by atoms with E-state index in [0.29, 0.717) is 23.9 Å². The first-order chi connectivity index (χ1) is 18.3. The van der Waals surface area contributed by atoms with Crippen molar-refractivity contribution in [3.63, 3.8) is 0 Å². The number of sulfonamides is 1. The number of H-pyrrole nitrogens is 1. The molecular formula is C23H17Cl2F2N5O6S. The van der Waals surface area contributed by atoms with E-state index in [1.807, 2.05) is 0 Å². The van der Waals surface area contributed by atoms with Crippen LogP contribution in [0.1, 0.15) is 31.4 Å². The Hall–Kier alpha value is -3.51. The van der Waals surface area contributed by atoms with Crippen LogP contribution >= 0.6 is 23.2 Å². The number of hydrogen-bond donors (Lipinski definition) is 2. The fraction of sp³-hybridized carbons (Fsp3) is 0.304. The van der Waals surface area contributed by atoms with Crippen LogP contribution < -0.4 is 25.4 Å². The monoisotopic (exact) mass is 599 g/mol.